The fraction of sp³-hybridized carbons (Fsp3) is 0.250. The van der Waals surface area contributed by atoms with Gasteiger partial charge in [0.25, 0.3) is 0 Å². The van der Waals surface area contributed by atoms with Crippen molar-refractivity contribution in [3.8, 4) is 5.75 Å². The van der Waals surface area contributed by atoms with Crippen LogP contribution in [0.15, 0.2) is 30.5 Å². The molecule has 0 atom stereocenters. The first-order valence-corrected chi connectivity index (χ1v) is 5.40. The van der Waals surface area contributed by atoms with E-state index in [9.17, 15) is 0 Å². The molecule has 0 amide bonds. The van der Waals surface area contributed by atoms with Crippen molar-refractivity contribution in [3.63, 3.8) is 0 Å². The zero-order chi connectivity index (χ0) is 11.5. The lowest BCUT2D eigenvalue weighted by atomic mass is 10.3. The molecule has 1 aromatic carbocycles. The highest BCUT2D eigenvalue weighted by Crippen LogP contribution is 2.16. The molecule has 0 radical (unpaired) electrons. The van der Waals surface area contributed by atoms with Gasteiger partial charge in [-0.15, -0.1) is 0 Å². The maximum Gasteiger partial charge on any atom is 0.146 e. The van der Waals surface area contributed by atoms with E-state index in [1.54, 1.807) is 12.1 Å². The number of nitrogens with zero attached hydrogens (tertiary/aromatic N) is 2. The molecule has 0 N–H and O–H groups in total. The van der Waals surface area contributed by atoms with Crippen molar-refractivity contribution >= 4 is 11.6 Å². The van der Waals surface area contributed by atoms with Crippen molar-refractivity contribution in [2.24, 2.45) is 7.05 Å². The van der Waals surface area contributed by atoms with Gasteiger partial charge in [-0.2, -0.15) is 0 Å². The normalized spacial score (nSPS) is 10.4. The first kappa shape index (κ1) is 11.0. The number of ether oxygens (including phenoxy) is 1. The fourth-order valence-electron chi connectivity index (χ4n) is 1.36. The van der Waals surface area contributed by atoms with Gasteiger partial charge in [-0.3, -0.25) is 0 Å². The molecule has 2 aromatic rings. The van der Waals surface area contributed by atoms with Crippen LogP contribution in [0.5, 0.6) is 5.75 Å². The van der Waals surface area contributed by atoms with E-state index in [-0.39, 0.29) is 0 Å². The zero-order valence-corrected chi connectivity index (χ0v) is 10.0. The third-order valence-electron chi connectivity index (χ3n) is 2.50. The Labute approximate surface area is 99.6 Å². The van der Waals surface area contributed by atoms with Gasteiger partial charge >= 0.3 is 0 Å². The summed E-state index contributed by atoms with van der Waals surface area (Å²) in [5, 5.41) is 0.709. The second kappa shape index (κ2) is 4.58. The smallest absolute Gasteiger partial charge is 0.146 e. The molecule has 1 aromatic heterocycles. The summed E-state index contributed by atoms with van der Waals surface area (Å²) in [5.74, 6) is 1.71. The predicted octanol–water partition coefficient (Wildman–Crippen LogP) is 2.96. The highest BCUT2D eigenvalue weighted by molar-refractivity contribution is 6.30. The Morgan fingerprint density at radius 3 is 2.56 bits per heavy atom. The largest absolute Gasteiger partial charge is 0.486 e. The Bertz CT molecular complexity index is 476. The van der Waals surface area contributed by atoms with Crippen molar-refractivity contribution in [2.45, 2.75) is 13.5 Å². The minimum absolute atomic E-state index is 0.464. The van der Waals surface area contributed by atoms with Crippen LogP contribution in [0.3, 0.4) is 0 Å². The van der Waals surface area contributed by atoms with E-state index in [4.69, 9.17) is 16.3 Å². The second-order valence-electron chi connectivity index (χ2n) is 3.62. The van der Waals surface area contributed by atoms with Crippen LogP contribution in [-0.4, -0.2) is 9.55 Å². The standard InChI is InChI=1S/C12H13ClN2O/c1-9-7-14-12(15(9)2)8-16-11-5-3-10(13)4-6-11/h3-7H,8H2,1-2H3. The van der Waals surface area contributed by atoms with E-state index < -0.39 is 0 Å². The molecule has 2 rings (SSSR count). The minimum atomic E-state index is 0.464. The van der Waals surface area contributed by atoms with E-state index in [0.717, 1.165) is 17.3 Å². The average Bonchev–Trinajstić information content (AvgIpc) is 2.60. The Balaban J connectivity index is 2.02. The summed E-state index contributed by atoms with van der Waals surface area (Å²) < 4.78 is 7.61. The molecule has 84 valence electrons. The van der Waals surface area contributed by atoms with Crippen molar-refractivity contribution in [3.05, 3.63) is 47.0 Å². The van der Waals surface area contributed by atoms with Crippen molar-refractivity contribution < 1.29 is 4.74 Å². The number of benzene rings is 1. The molecule has 0 bridgehead atoms. The number of hydrogen-bond donors (Lipinski definition) is 0. The van der Waals surface area contributed by atoms with Crippen LogP contribution in [0.4, 0.5) is 0 Å². The number of halogens is 1. The summed E-state index contributed by atoms with van der Waals surface area (Å²) in [4.78, 5) is 4.26. The quantitative estimate of drug-likeness (QED) is 0.819. The number of rotatable bonds is 3. The van der Waals surface area contributed by atoms with Gasteiger partial charge in [-0.25, -0.2) is 4.98 Å². The van der Waals surface area contributed by atoms with Gasteiger partial charge in [0.2, 0.25) is 0 Å². The molecule has 0 unspecified atom stereocenters. The van der Waals surface area contributed by atoms with E-state index in [2.05, 4.69) is 4.98 Å². The van der Waals surface area contributed by atoms with Crippen LogP contribution >= 0.6 is 11.6 Å². The maximum atomic E-state index is 5.79. The lowest BCUT2D eigenvalue weighted by Crippen LogP contribution is -2.04. The third kappa shape index (κ3) is 2.36. The van der Waals surface area contributed by atoms with E-state index in [1.165, 1.54) is 0 Å². The molecule has 0 aliphatic heterocycles. The molecular formula is C12H13ClN2O. The molecule has 4 heteroatoms. The van der Waals surface area contributed by atoms with Crippen molar-refractivity contribution in [1.29, 1.82) is 0 Å². The van der Waals surface area contributed by atoms with Gasteiger partial charge in [-0.1, -0.05) is 11.6 Å². The molecule has 1 heterocycles. The van der Waals surface area contributed by atoms with Crippen LogP contribution in [-0.2, 0) is 13.7 Å². The molecule has 16 heavy (non-hydrogen) atoms. The van der Waals surface area contributed by atoms with Gasteiger partial charge in [0.1, 0.15) is 18.2 Å². The van der Waals surface area contributed by atoms with Crippen molar-refractivity contribution in [1.82, 2.24) is 9.55 Å². The zero-order valence-electron chi connectivity index (χ0n) is 9.27. The maximum absolute atomic E-state index is 5.79. The van der Waals surface area contributed by atoms with E-state index in [1.807, 2.05) is 36.9 Å². The highest BCUT2D eigenvalue weighted by atomic mass is 35.5. The lowest BCUT2D eigenvalue weighted by molar-refractivity contribution is 0.291. The highest BCUT2D eigenvalue weighted by Gasteiger charge is 2.03. The first-order chi connectivity index (χ1) is 7.66. The molecule has 0 spiro atoms. The monoisotopic (exact) mass is 236 g/mol. The first-order valence-electron chi connectivity index (χ1n) is 5.02. The van der Waals surface area contributed by atoms with Crippen molar-refractivity contribution in [2.75, 3.05) is 0 Å². The topological polar surface area (TPSA) is 27.1 Å². The van der Waals surface area contributed by atoms with Gasteiger partial charge in [-0.05, 0) is 31.2 Å². The fourth-order valence-corrected chi connectivity index (χ4v) is 1.48. The molecule has 0 saturated carbocycles. The number of imidazole rings is 1. The van der Waals surface area contributed by atoms with Gasteiger partial charge in [0.05, 0.1) is 0 Å². The average molecular weight is 237 g/mol. The summed E-state index contributed by atoms with van der Waals surface area (Å²) in [6.45, 7) is 2.48. The van der Waals surface area contributed by atoms with Gasteiger partial charge in [0, 0.05) is 24.0 Å². The molecule has 0 aliphatic carbocycles. The van der Waals surface area contributed by atoms with Crippen LogP contribution < -0.4 is 4.74 Å². The minimum Gasteiger partial charge on any atom is -0.486 e. The Hall–Kier alpha value is -1.48. The Morgan fingerprint density at radius 2 is 2.00 bits per heavy atom. The van der Waals surface area contributed by atoms with Gasteiger partial charge in [0.15, 0.2) is 0 Å². The number of aromatic nitrogens is 2. The second-order valence-corrected chi connectivity index (χ2v) is 4.05. The third-order valence-corrected chi connectivity index (χ3v) is 2.75. The summed E-state index contributed by atoms with van der Waals surface area (Å²) in [6, 6.07) is 7.30. The Kier molecular flexibility index (Phi) is 3.15. The Morgan fingerprint density at radius 1 is 1.31 bits per heavy atom. The number of hydrogen-bond acceptors (Lipinski definition) is 2. The lowest BCUT2D eigenvalue weighted by Gasteiger charge is -2.06. The predicted molar refractivity (Wildman–Crippen MR) is 63.7 cm³/mol. The van der Waals surface area contributed by atoms with Crippen LogP contribution in [0.1, 0.15) is 11.5 Å². The molecule has 0 saturated heterocycles. The summed E-state index contributed by atoms with van der Waals surface area (Å²) in [7, 11) is 1.98. The van der Waals surface area contributed by atoms with Crippen LogP contribution in [0.25, 0.3) is 0 Å². The van der Waals surface area contributed by atoms with Gasteiger partial charge < -0.3 is 9.30 Å². The molecule has 0 aliphatic rings. The van der Waals surface area contributed by atoms with E-state index in [0.29, 0.717) is 11.6 Å². The van der Waals surface area contributed by atoms with Crippen LogP contribution in [0, 0.1) is 6.92 Å². The van der Waals surface area contributed by atoms with E-state index >= 15 is 0 Å². The summed E-state index contributed by atoms with van der Waals surface area (Å²) in [6.07, 6.45) is 1.83. The molecular weight excluding hydrogens is 224 g/mol. The summed E-state index contributed by atoms with van der Waals surface area (Å²) in [5.41, 5.74) is 1.12. The molecule has 3 nitrogen and oxygen atoms in total. The number of aryl methyl sites for hydroxylation is 1. The van der Waals surface area contributed by atoms with Crippen LogP contribution in [0.2, 0.25) is 5.02 Å². The molecule has 0 fully saturated rings. The SMILES string of the molecule is Cc1cnc(COc2ccc(Cl)cc2)n1C. The summed E-state index contributed by atoms with van der Waals surface area (Å²) >= 11 is 5.79.